The molecule has 4 nitrogen and oxygen atoms in total. The van der Waals surface area contributed by atoms with Gasteiger partial charge in [0.25, 0.3) is 0 Å². The molecular formula is C15H18N2O2S. The second-order valence-corrected chi connectivity index (χ2v) is 6.28. The van der Waals surface area contributed by atoms with Gasteiger partial charge in [0.1, 0.15) is 6.10 Å². The van der Waals surface area contributed by atoms with Gasteiger partial charge in [-0.05, 0) is 30.4 Å². The van der Waals surface area contributed by atoms with Crippen molar-refractivity contribution in [2.24, 2.45) is 0 Å². The molecule has 1 aliphatic rings. The van der Waals surface area contributed by atoms with E-state index in [0.29, 0.717) is 12.6 Å². The average Bonchev–Trinajstić information content (AvgIpc) is 3.19. The molecule has 1 atom stereocenters. The molecule has 1 saturated carbocycles. The highest BCUT2D eigenvalue weighted by molar-refractivity contribution is 7.19. The lowest BCUT2D eigenvalue weighted by Gasteiger charge is -2.10. The van der Waals surface area contributed by atoms with Crippen LogP contribution in [0.25, 0.3) is 10.1 Å². The third-order valence-corrected chi connectivity index (χ3v) is 4.61. The van der Waals surface area contributed by atoms with Gasteiger partial charge in [0, 0.05) is 22.2 Å². The second-order valence-electron chi connectivity index (χ2n) is 5.16. The molecule has 1 heterocycles. The first-order chi connectivity index (χ1) is 9.72. The van der Waals surface area contributed by atoms with Gasteiger partial charge in [0.15, 0.2) is 0 Å². The minimum Gasteiger partial charge on any atom is -0.386 e. The van der Waals surface area contributed by atoms with E-state index in [1.807, 2.05) is 30.3 Å². The molecule has 0 aliphatic heterocycles. The summed E-state index contributed by atoms with van der Waals surface area (Å²) in [6.07, 6.45) is 1.69. The van der Waals surface area contributed by atoms with Crippen LogP contribution in [0.2, 0.25) is 0 Å². The molecule has 1 aromatic carbocycles. The Hall–Kier alpha value is -1.43. The predicted molar refractivity (Wildman–Crippen MR) is 80.8 cm³/mol. The van der Waals surface area contributed by atoms with Crippen LogP contribution in [-0.4, -0.2) is 30.1 Å². The van der Waals surface area contributed by atoms with Crippen molar-refractivity contribution in [1.29, 1.82) is 0 Å². The Morgan fingerprint density at radius 2 is 2.20 bits per heavy atom. The van der Waals surface area contributed by atoms with Crippen molar-refractivity contribution in [3.63, 3.8) is 0 Å². The monoisotopic (exact) mass is 290 g/mol. The van der Waals surface area contributed by atoms with E-state index in [1.165, 1.54) is 0 Å². The van der Waals surface area contributed by atoms with E-state index in [1.54, 1.807) is 11.3 Å². The van der Waals surface area contributed by atoms with Crippen molar-refractivity contribution in [2.75, 3.05) is 13.1 Å². The molecule has 0 spiro atoms. The number of rotatable bonds is 6. The Bertz CT molecular complexity index is 574. The zero-order valence-corrected chi connectivity index (χ0v) is 12.0. The number of fused-ring (bicyclic) bond motifs is 1. The maximum absolute atomic E-state index is 11.6. The standard InChI is InChI=1S/C15H18N2O2S/c18-12(8-17-15(19)9-16-11-5-6-11)14-7-10-3-1-2-4-13(10)20-14/h1-4,7,11-12,16,18H,5-6,8-9H2,(H,17,19). The van der Waals surface area contributed by atoms with E-state index in [2.05, 4.69) is 10.6 Å². The number of hydrogen-bond donors (Lipinski definition) is 3. The molecule has 1 unspecified atom stereocenters. The summed E-state index contributed by atoms with van der Waals surface area (Å²) in [5, 5.41) is 17.2. The molecule has 1 aromatic heterocycles. The van der Waals surface area contributed by atoms with E-state index >= 15 is 0 Å². The zero-order chi connectivity index (χ0) is 13.9. The molecule has 20 heavy (non-hydrogen) atoms. The molecule has 5 heteroatoms. The Morgan fingerprint density at radius 1 is 1.40 bits per heavy atom. The molecule has 0 saturated heterocycles. The molecule has 1 amide bonds. The van der Waals surface area contributed by atoms with Crippen LogP contribution in [0.3, 0.4) is 0 Å². The van der Waals surface area contributed by atoms with E-state index < -0.39 is 6.10 Å². The lowest BCUT2D eigenvalue weighted by atomic mass is 10.2. The van der Waals surface area contributed by atoms with Crippen LogP contribution in [0.15, 0.2) is 30.3 Å². The number of benzene rings is 1. The fraction of sp³-hybridized carbons (Fsp3) is 0.400. The maximum Gasteiger partial charge on any atom is 0.234 e. The van der Waals surface area contributed by atoms with Gasteiger partial charge < -0.3 is 15.7 Å². The van der Waals surface area contributed by atoms with E-state index in [9.17, 15) is 9.90 Å². The van der Waals surface area contributed by atoms with E-state index in [0.717, 1.165) is 27.8 Å². The number of amides is 1. The third-order valence-electron chi connectivity index (χ3n) is 3.39. The van der Waals surface area contributed by atoms with Gasteiger partial charge >= 0.3 is 0 Å². The molecule has 106 valence electrons. The van der Waals surface area contributed by atoms with Gasteiger partial charge in [-0.15, -0.1) is 11.3 Å². The number of aliphatic hydroxyl groups is 1. The number of nitrogens with one attached hydrogen (secondary N) is 2. The molecule has 1 fully saturated rings. The molecule has 3 rings (SSSR count). The van der Waals surface area contributed by atoms with Crippen LogP contribution in [-0.2, 0) is 4.79 Å². The Kier molecular flexibility index (Phi) is 4.00. The van der Waals surface area contributed by atoms with Gasteiger partial charge in [-0.3, -0.25) is 4.79 Å². The van der Waals surface area contributed by atoms with Crippen LogP contribution in [0.1, 0.15) is 23.8 Å². The lowest BCUT2D eigenvalue weighted by molar-refractivity contribution is -0.120. The third kappa shape index (κ3) is 3.36. The summed E-state index contributed by atoms with van der Waals surface area (Å²) < 4.78 is 1.16. The van der Waals surface area contributed by atoms with Gasteiger partial charge in [-0.1, -0.05) is 18.2 Å². The highest BCUT2D eigenvalue weighted by Gasteiger charge is 2.21. The smallest absolute Gasteiger partial charge is 0.234 e. The Morgan fingerprint density at radius 3 is 2.95 bits per heavy atom. The van der Waals surface area contributed by atoms with Crippen LogP contribution < -0.4 is 10.6 Å². The minimum atomic E-state index is -0.641. The number of hydrogen-bond acceptors (Lipinski definition) is 4. The van der Waals surface area contributed by atoms with Crippen molar-refractivity contribution in [3.8, 4) is 0 Å². The summed E-state index contributed by atoms with van der Waals surface area (Å²) in [6, 6.07) is 10.5. The van der Waals surface area contributed by atoms with Gasteiger partial charge in [-0.25, -0.2) is 0 Å². The number of thiophene rings is 1. The summed E-state index contributed by atoms with van der Waals surface area (Å²) in [7, 11) is 0. The minimum absolute atomic E-state index is 0.0583. The Balaban J connectivity index is 1.52. The molecule has 2 aromatic rings. The van der Waals surface area contributed by atoms with Crippen molar-refractivity contribution in [1.82, 2.24) is 10.6 Å². The SMILES string of the molecule is O=C(CNC1CC1)NCC(O)c1cc2ccccc2s1. The van der Waals surface area contributed by atoms with Crippen LogP contribution in [0.5, 0.6) is 0 Å². The van der Waals surface area contributed by atoms with Gasteiger partial charge in [0.2, 0.25) is 5.91 Å². The Labute approximate surface area is 121 Å². The lowest BCUT2D eigenvalue weighted by Crippen LogP contribution is -2.36. The largest absolute Gasteiger partial charge is 0.386 e. The first-order valence-corrected chi connectivity index (χ1v) is 7.70. The first-order valence-electron chi connectivity index (χ1n) is 6.89. The van der Waals surface area contributed by atoms with Crippen LogP contribution in [0, 0.1) is 0 Å². The van der Waals surface area contributed by atoms with Gasteiger partial charge in [0.05, 0.1) is 6.54 Å². The van der Waals surface area contributed by atoms with Gasteiger partial charge in [-0.2, -0.15) is 0 Å². The fourth-order valence-corrected chi connectivity index (χ4v) is 3.12. The molecular weight excluding hydrogens is 272 g/mol. The zero-order valence-electron chi connectivity index (χ0n) is 11.1. The van der Waals surface area contributed by atoms with Crippen molar-refractivity contribution >= 4 is 27.3 Å². The highest BCUT2D eigenvalue weighted by Crippen LogP contribution is 2.29. The number of aliphatic hydroxyl groups excluding tert-OH is 1. The molecule has 0 bridgehead atoms. The second kappa shape index (κ2) is 5.91. The summed E-state index contributed by atoms with van der Waals surface area (Å²) in [5.74, 6) is -0.0583. The fourth-order valence-electron chi connectivity index (χ4n) is 2.06. The van der Waals surface area contributed by atoms with E-state index in [4.69, 9.17) is 0 Å². The normalized spacial score (nSPS) is 16.2. The topological polar surface area (TPSA) is 61.4 Å². The quantitative estimate of drug-likeness (QED) is 0.760. The summed E-state index contributed by atoms with van der Waals surface area (Å²) in [6.45, 7) is 0.599. The predicted octanol–water partition coefficient (Wildman–Crippen LogP) is 1.80. The molecule has 0 radical (unpaired) electrons. The summed E-state index contributed by atoms with van der Waals surface area (Å²) >= 11 is 1.57. The highest BCUT2D eigenvalue weighted by atomic mass is 32.1. The van der Waals surface area contributed by atoms with Crippen molar-refractivity contribution in [2.45, 2.75) is 25.0 Å². The number of carbonyl (C=O) groups excluding carboxylic acids is 1. The van der Waals surface area contributed by atoms with Crippen LogP contribution in [0.4, 0.5) is 0 Å². The van der Waals surface area contributed by atoms with Crippen LogP contribution >= 0.6 is 11.3 Å². The molecule has 1 aliphatic carbocycles. The number of carbonyl (C=O) groups is 1. The first kappa shape index (κ1) is 13.5. The summed E-state index contributed by atoms with van der Waals surface area (Å²) in [5.41, 5.74) is 0. The van der Waals surface area contributed by atoms with Crippen molar-refractivity contribution in [3.05, 3.63) is 35.2 Å². The summed E-state index contributed by atoms with van der Waals surface area (Å²) in [4.78, 5) is 12.5. The van der Waals surface area contributed by atoms with E-state index in [-0.39, 0.29) is 12.5 Å². The molecule has 3 N–H and O–H groups in total. The van der Waals surface area contributed by atoms with Crippen molar-refractivity contribution < 1.29 is 9.90 Å². The average molecular weight is 290 g/mol. The maximum atomic E-state index is 11.6.